The SMILES string of the molecule is CCNC(=NCC1CCCO1)NCCNC(=O)c1ccccc1Cl.I. The summed E-state index contributed by atoms with van der Waals surface area (Å²) in [6.45, 7) is 5.34. The predicted molar refractivity (Wildman–Crippen MR) is 112 cm³/mol. The highest BCUT2D eigenvalue weighted by Crippen LogP contribution is 2.14. The van der Waals surface area contributed by atoms with E-state index in [2.05, 4.69) is 20.9 Å². The van der Waals surface area contributed by atoms with Crippen LogP contribution in [0.2, 0.25) is 5.02 Å². The standard InChI is InChI=1S/C17H25ClN4O2.HI/c1-2-19-17(22-12-13-6-5-11-24-13)21-10-9-20-16(23)14-7-3-4-8-15(14)18;/h3-4,7-8,13H,2,5-6,9-12H2,1H3,(H,20,23)(H2,19,21,22);1H. The third-order valence-electron chi connectivity index (χ3n) is 3.64. The second kappa shape index (κ2) is 12.3. The first-order chi connectivity index (χ1) is 11.7. The third-order valence-corrected chi connectivity index (χ3v) is 3.97. The molecule has 25 heavy (non-hydrogen) atoms. The number of rotatable bonds is 7. The number of benzene rings is 1. The lowest BCUT2D eigenvalue weighted by atomic mass is 10.2. The topological polar surface area (TPSA) is 74.8 Å². The van der Waals surface area contributed by atoms with Crippen molar-refractivity contribution in [2.75, 3.05) is 32.8 Å². The van der Waals surface area contributed by atoms with Gasteiger partial charge in [-0.15, -0.1) is 24.0 Å². The molecule has 0 spiro atoms. The molecular formula is C17H26ClIN4O2. The highest BCUT2D eigenvalue weighted by molar-refractivity contribution is 14.0. The lowest BCUT2D eigenvalue weighted by molar-refractivity contribution is 0.0954. The molecule has 140 valence electrons. The first kappa shape index (κ1) is 22.0. The number of ether oxygens (including phenoxy) is 1. The largest absolute Gasteiger partial charge is 0.376 e. The number of nitrogens with zero attached hydrogens (tertiary/aromatic N) is 1. The molecule has 0 radical (unpaired) electrons. The fraction of sp³-hybridized carbons (Fsp3) is 0.529. The average molecular weight is 481 g/mol. The molecule has 0 saturated carbocycles. The highest BCUT2D eigenvalue weighted by Gasteiger charge is 2.14. The van der Waals surface area contributed by atoms with Crippen LogP contribution < -0.4 is 16.0 Å². The molecule has 1 aliphatic heterocycles. The van der Waals surface area contributed by atoms with Crippen LogP contribution in [0, 0.1) is 0 Å². The molecule has 3 N–H and O–H groups in total. The second-order valence-corrected chi connectivity index (χ2v) is 5.92. The number of aliphatic imine (C=N–C) groups is 1. The Labute approximate surface area is 171 Å². The van der Waals surface area contributed by atoms with E-state index >= 15 is 0 Å². The molecule has 0 aromatic heterocycles. The van der Waals surface area contributed by atoms with Gasteiger partial charge in [0.15, 0.2) is 5.96 Å². The normalized spacial score (nSPS) is 16.9. The average Bonchev–Trinajstić information content (AvgIpc) is 3.10. The molecule has 1 unspecified atom stereocenters. The van der Waals surface area contributed by atoms with Crippen molar-refractivity contribution >= 4 is 47.4 Å². The summed E-state index contributed by atoms with van der Waals surface area (Å²) >= 11 is 6.01. The van der Waals surface area contributed by atoms with Gasteiger partial charge in [0.2, 0.25) is 0 Å². The van der Waals surface area contributed by atoms with E-state index < -0.39 is 0 Å². The minimum Gasteiger partial charge on any atom is -0.376 e. The molecule has 2 rings (SSSR count). The van der Waals surface area contributed by atoms with Crippen molar-refractivity contribution < 1.29 is 9.53 Å². The minimum atomic E-state index is -0.177. The van der Waals surface area contributed by atoms with Crippen molar-refractivity contribution in [1.29, 1.82) is 0 Å². The van der Waals surface area contributed by atoms with Gasteiger partial charge in [-0.2, -0.15) is 0 Å². The third kappa shape index (κ3) is 7.79. The Hall–Kier alpha value is -1.06. The molecule has 1 fully saturated rings. The fourth-order valence-corrected chi connectivity index (χ4v) is 2.64. The van der Waals surface area contributed by atoms with E-state index in [4.69, 9.17) is 16.3 Å². The zero-order valence-electron chi connectivity index (χ0n) is 14.4. The zero-order chi connectivity index (χ0) is 17.2. The monoisotopic (exact) mass is 480 g/mol. The van der Waals surface area contributed by atoms with E-state index in [1.165, 1.54) is 0 Å². The molecule has 8 heteroatoms. The summed E-state index contributed by atoms with van der Waals surface area (Å²) in [5.74, 6) is 0.559. The minimum absolute atomic E-state index is 0. The van der Waals surface area contributed by atoms with Gasteiger partial charge in [-0.25, -0.2) is 0 Å². The number of carbonyl (C=O) groups excluding carboxylic acids is 1. The van der Waals surface area contributed by atoms with Crippen LogP contribution >= 0.6 is 35.6 Å². The van der Waals surface area contributed by atoms with E-state index in [-0.39, 0.29) is 36.0 Å². The quantitative estimate of drug-likeness (QED) is 0.243. The van der Waals surface area contributed by atoms with Gasteiger partial charge in [-0.1, -0.05) is 23.7 Å². The van der Waals surface area contributed by atoms with Gasteiger partial charge >= 0.3 is 0 Å². The van der Waals surface area contributed by atoms with Crippen molar-refractivity contribution in [3.8, 4) is 0 Å². The van der Waals surface area contributed by atoms with Gasteiger partial charge in [0.25, 0.3) is 5.91 Å². The Balaban J connectivity index is 0.00000312. The number of hydrogen-bond donors (Lipinski definition) is 3. The molecule has 1 saturated heterocycles. The molecule has 1 heterocycles. The van der Waals surface area contributed by atoms with E-state index in [9.17, 15) is 4.79 Å². The van der Waals surface area contributed by atoms with E-state index in [0.29, 0.717) is 30.2 Å². The molecule has 6 nitrogen and oxygen atoms in total. The van der Waals surface area contributed by atoms with Gasteiger partial charge in [-0.3, -0.25) is 9.79 Å². The molecular weight excluding hydrogens is 455 g/mol. The van der Waals surface area contributed by atoms with E-state index in [1.54, 1.807) is 24.3 Å². The second-order valence-electron chi connectivity index (χ2n) is 5.52. The van der Waals surface area contributed by atoms with E-state index in [0.717, 1.165) is 32.0 Å². The van der Waals surface area contributed by atoms with Crippen molar-refractivity contribution in [1.82, 2.24) is 16.0 Å². The lowest BCUT2D eigenvalue weighted by Gasteiger charge is -2.13. The Morgan fingerprint density at radius 2 is 2.04 bits per heavy atom. The molecule has 1 aromatic carbocycles. The van der Waals surface area contributed by atoms with Crippen LogP contribution in [0.4, 0.5) is 0 Å². The fourth-order valence-electron chi connectivity index (χ4n) is 2.42. The summed E-state index contributed by atoms with van der Waals surface area (Å²) in [6, 6.07) is 7.00. The Kier molecular flexibility index (Phi) is 10.8. The number of hydrogen-bond acceptors (Lipinski definition) is 3. The zero-order valence-corrected chi connectivity index (χ0v) is 17.5. The van der Waals surface area contributed by atoms with Gasteiger partial charge < -0.3 is 20.7 Å². The van der Waals surface area contributed by atoms with Crippen molar-refractivity contribution in [3.63, 3.8) is 0 Å². The summed E-state index contributed by atoms with van der Waals surface area (Å²) in [4.78, 5) is 16.6. The number of carbonyl (C=O) groups is 1. The van der Waals surface area contributed by atoms with Crippen LogP contribution in [-0.2, 0) is 4.74 Å². The highest BCUT2D eigenvalue weighted by atomic mass is 127. The first-order valence-corrected chi connectivity index (χ1v) is 8.75. The number of guanidine groups is 1. The maximum absolute atomic E-state index is 12.0. The van der Waals surface area contributed by atoms with Crippen molar-refractivity contribution in [2.24, 2.45) is 4.99 Å². The van der Waals surface area contributed by atoms with Gasteiger partial charge in [0.05, 0.1) is 23.2 Å². The van der Waals surface area contributed by atoms with Gasteiger partial charge in [-0.05, 0) is 31.9 Å². The molecule has 1 atom stereocenters. The Morgan fingerprint density at radius 3 is 2.72 bits per heavy atom. The Morgan fingerprint density at radius 1 is 1.28 bits per heavy atom. The van der Waals surface area contributed by atoms with Gasteiger partial charge in [0.1, 0.15) is 0 Å². The van der Waals surface area contributed by atoms with Crippen LogP contribution in [0.1, 0.15) is 30.1 Å². The van der Waals surface area contributed by atoms with Crippen LogP contribution in [0.5, 0.6) is 0 Å². The summed E-state index contributed by atoms with van der Waals surface area (Å²) < 4.78 is 5.57. The van der Waals surface area contributed by atoms with Crippen LogP contribution in [0.25, 0.3) is 0 Å². The van der Waals surface area contributed by atoms with Crippen LogP contribution in [-0.4, -0.2) is 50.8 Å². The summed E-state index contributed by atoms with van der Waals surface area (Å²) in [5.41, 5.74) is 0.484. The van der Waals surface area contributed by atoms with Crippen molar-refractivity contribution in [2.45, 2.75) is 25.9 Å². The molecule has 1 amide bonds. The van der Waals surface area contributed by atoms with Crippen LogP contribution in [0.3, 0.4) is 0 Å². The summed E-state index contributed by atoms with van der Waals surface area (Å²) in [7, 11) is 0. The lowest BCUT2D eigenvalue weighted by Crippen LogP contribution is -2.42. The number of amides is 1. The predicted octanol–water partition coefficient (Wildman–Crippen LogP) is 2.42. The van der Waals surface area contributed by atoms with E-state index in [1.807, 2.05) is 6.92 Å². The number of nitrogens with one attached hydrogen (secondary N) is 3. The van der Waals surface area contributed by atoms with Gasteiger partial charge in [0, 0.05) is 26.2 Å². The summed E-state index contributed by atoms with van der Waals surface area (Å²) in [6.07, 6.45) is 2.40. The molecule has 1 aliphatic rings. The Bertz CT molecular complexity index is 565. The first-order valence-electron chi connectivity index (χ1n) is 8.37. The number of halogens is 2. The molecule has 0 aliphatic carbocycles. The maximum atomic E-state index is 12.0. The van der Waals surface area contributed by atoms with Crippen LogP contribution in [0.15, 0.2) is 29.3 Å². The van der Waals surface area contributed by atoms with Crippen molar-refractivity contribution in [3.05, 3.63) is 34.9 Å². The smallest absolute Gasteiger partial charge is 0.252 e. The maximum Gasteiger partial charge on any atom is 0.252 e. The molecule has 1 aromatic rings. The molecule has 0 bridgehead atoms. The summed E-state index contributed by atoms with van der Waals surface area (Å²) in [5, 5.41) is 9.68.